The van der Waals surface area contributed by atoms with Crippen LogP contribution in [0.5, 0.6) is 5.75 Å². The third kappa shape index (κ3) is 4.74. The average molecular weight is 250 g/mol. The molecular weight excluding hydrogens is 233 g/mol. The molecule has 15 heavy (non-hydrogen) atoms. The fourth-order valence-corrected chi connectivity index (χ4v) is 1.35. The van der Waals surface area contributed by atoms with Crippen LogP contribution in [-0.4, -0.2) is 24.0 Å². The molecular formula is C11H17Cl2NO. The van der Waals surface area contributed by atoms with Gasteiger partial charge in [0, 0.05) is 19.0 Å². The van der Waals surface area contributed by atoms with Gasteiger partial charge < -0.3 is 4.84 Å². The van der Waals surface area contributed by atoms with Gasteiger partial charge in [0.2, 0.25) is 0 Å². The Hall–Kier alpha value is -0.440. The summed E-state index contributed by atoms with van der Waals surface area (Å²) in [7, 11) is 0. The van der Waals surface area contributed by atoms with Gasteiger partial charge in [-0.2, -0.15) is 0 Å². The lowest BCUT2D eigenvalue weighted by Gasteiger charge is -2.20. The van der Waals surface area contributed by atoms with Crippen molar-refractivity contribution >= 4 is 24.0 Å². The zero-order valence-corrected chi connectivity index (χ0v) is 10.6. The van der Waals surface area contributed by atoms with Gasteiger partial charge >= 0.3 is 0 Å². The number of halogens is 2. The van der Waals surface area contributed by atoms with E-state index in [1.54, 1.807) is 0 Å². The molecule has 0 aliphatic rings. The predicted octanol–water partition coefficient (Wildman–Crippen LogP) is 3.27. The number of para-hydroxylation sites is 1. The van der Waals surface area contributed by atoms with Crippen LogP contribution in [0.4, 0.5) is 0 Å². The monoisotopic (exact) mass is 249 g/mol. The maximum atomic E-state index is 5.68. The van der Waals surface area contributed by atoms with Gasteiger partial charge in [-0.1, -0.05) is 18.2 Å². The van der Waals surface area contributed by atoms with E-state index < -0.39 is 0 Å². The fraction of sp³-hybridized carbons (Fsp3) is 0.455. The first-order chi connectivity index (χ1) is 6.77. The van der Waals surface area contributed by atoms with Crippen LogP contribution in [0.15, 0.2) is 24.3 Å². The molecule has 86 valence electrons. The van der Waals surface area contributed by atoms with Crippen LogP contribution in [0, 0.1) is 6.92 Å². The van der Waals surface area contributed by atoms with Crippen LogP contribution in [0.25, 0.3) is 0 Å². The van der Waals surface area contributed by atoms with Crippen LogP contribution in [0.2, 0.25) is 0 Å². The van der Waals surface area contributed by atoms with E-state index in [0.29, 0.717) is 5.88 Å². The summed E-state index contributed by atoms with van der Waals surface area (Å²) in [6, 6.07) is 7.97. The molecule has 1 rings (SSSR count). The Labute approximate surface area is 103 Å². The summed E-state index contributed by atoms with van der Waals surface area (Å²) in [5, 5.41) is 1.86. The molecule has 0 unspecified atom stereocenters. The van der Waals surface area contributed by atoms with Crippen LogP contribution in [-0.2, 0) is 0 Å². The minimum absolute atomic E-state index is 0. The zero-order valence-electron chi connectivity index (χ0n) is 9.07. The van der Waals surface area contributed by atoms with Crippen LogP contribution < -0.4 is 4.84 Å². The number of nitrogens with zero attached hydrogens (tertiary/aromatic N) is 1. The van der Waals surface area contributed by atoms with Crippen LogP contribution >= 0.6 is 24.0 Å². The van der Waals surface area contributed by atoms with Crippen molar-refractivity contribution in [2.24, 2.45) is 0 Å². The van der Waals surface area contributed by atoms with Crippen molar-refractivity contribution in [1.29, 1.82) is 0 Å². The number of aryl methyl sites for hydroxylation is 1. The van der Waals surface area contributed by atoms with E-state index in [2.05, 4.69) is 0 Å². The number of hydroxylamine groups is 2. The maximum Gasteiger partial charge on any atom is 0.150 e. The first kappa shape index (κ1) is 14.6. The summed E-state index contributed by atoms with van der Waals surface area (Å²) in [4.78, 5) is 5.68. The SMILES string of the molecule is CCN(CCCl)Oc1ccccc1C.Cl. The van der Waals surface area contributed by atoms with Gasteiger partial charge in [0.1, 0.15) is 5.75 Å². The van der Waals surface area contributed by atoms with Crippen molar-refractivity contribution in [3.63, 3.8) is 0 Å². The van der Waals surface area contributed by atoms with Gasteiger partial charge in [0.15, 0.2) is 0 Å². The summed E-state index contributed by atoms with van der Waals surface area (Å²) in [5.41, 5.74) is 1.14. The fourth-order valence-electron chi connectivity index (χ4n) is 1.16. The summed E-state index contributed by atoms with van der Waals surface area (Å²) >= 11 is 5.66. The number of rotatable bonds is 5. The minimum Gasteiger partial charge on any atom is -0.406 e. The summed E-state index contributed by atoms with van der Waals surface area (Å²) < 4.78 is 0. The van der Waals surface area contributed by atoms with Crippen molar-refractivity contribution in [2.75, 3.05) is 19.0 Å². The van der Waals surface area contributed by atoms with Crippen molar-refractivity contribution in [3.05, 3.63) is 29.8 Å². The summed E-state index contributed by atoms with van der Waals surface area (Å²) in [6.07, 6.45) is 0. The Balaban J connectivity index is 0.00000196. The highest BCUT2D eigenvalue weighted by Gasteiger charge is 2.04. The van der Waals surface area contributed by atoms with E-state index in [-0.39, 0.29) is 12.4 Å². The maximum absolute atomic E-state index is 5.68. The molecule has 1 aromatic carbocycles. The lowest BCUT2D eigenvalue weighted by atomic mass is 10.2. The Kier molecular flexibility index (Phi) is 7.57. The van der Waals surface area contributed by atoms with E-state index in [4.69, 9.17) is 16.4 Å². The van der Waals surface area contributed by atoms with Gasteiger partial charge in [0.25, 0.3) is 0 Å². The number of hydrogen-bond donors (Lipinski definition) is 0. The Morgan fingerprint density at radius 3 is 2.53 bits per heavy atom. The molecule has 0 radical (unpaired) electrons. The van der Waals surface area contributed by atoms with Gasteiger partial charge in [-0.3, -0.25) is 0 Å². The third-order valence-corrected chi connectivity index (χ3v) is 2.18. The molecule has 0 aromatic heterocycles. The van der Waals surface area contributed by atoms with E-state index in [9.17, 15) is 0 Å². The predicted molar refractivity (Wildman–Crippen MR) is 67.0 cm³/mol. The molecule has 1 aromatic rings. The van der Waals surface area contributed by atoms with E-state index in [1.165, 1.54) is 0 Å². The molecule has 0 atom stereocenters. The lowest BCUT2D eigenvalue weighted by Crippen LogP contribution is -2.29. The molecule has 0 aliphatic heterocycles. The highest BCUT2D eigenvalue weighted by atomic mass is 35.5. The molecule has 0 bridgehead atoms. The Bertz CT molecular complexity index is 281. The summed E-state index contributed by atoms with van der Waals surface area (Å²) in [5.74, 6) is 1.49. The average Bonchev–Trinajstić information content (AvgIpc) is 2.20. The quantitative estimate of drug-likeness (QED) is 0.587. The van der Waals surface area contributed by atoms with Gasteiger partial charge in [-0.15, -0.1) is 29.1 Å². The van der Waals surface area contributed by atoms with Gasteiger partial charge in [-0.25, -0.2) is 0 Å². The smallest absolute Gasteiger partial charge is 0.150 e. The molecule has 4 heteroatoms. The van der Waals surface area contributed by atoms with Gasteiger partial charge in [0.05, 0.1) is 0 Å². The molecule has 0 aliphatic carbocycles. The summed E-state index contributed by atoms with van der Waals surface area (Å²) in [6.45, 7) is 5.65. The van der Waals surface area contributed by atoms with E-state index in [1.807, 2.05) is 43.2 Å². The van der Waals surface area contributed by atoms with Crippen LogP contribution in [0.3, 0.4) is 0 Å². The van der Waals surface area contributed by atoms with Crippen LogP contribution in [0.1, 0.15) is 12.5 Å². The number of hydrogen-bond acceptors (Lipinski definition) is 2. The number of alkyl halides is 1. The minimum atomic E-state index is 0. The largest absolute Gasteiger partial charge is 0.406 e. The molecule has 0 fully saturated rings. The first-order valence-electron chi connectivity index (χ1n) is 4.82. The normalized spacial score (nSPS) is 9.87. The molecule has 0 saturated carbocycles. The van der Waals surface area contributed by atoms with Crippen molar-refractivity contribution in [2.45, 2.75) is 13.8 Å². The molecule has 2 nitrogen and oxygen atoms in total. The molecule has 0 spiro atoms. The molecule has 0 amide bonds. The van der Waals surface area contributed by atoms with Gasteiger partial charge in [-0.05, 0) is 25.5 Å². The van der Waals surface area contributed by atoms with Crippen molar-refractivity contribution < 1.29 is 4.84 Å². The Morgan fingerprint density at radius 1 is 1.33 bits per heavy atom. The standard InChI is InChI=1S/C11H16ClNO.ClH/c1-3-13(9-8-12)14-11-7-5-4-6-10(11)2;/h4-7H,3,8-9H2,1-2H3;1H. The van der Waals surface area contributed by atoms with Crippen molar-refractivity contribution in [3.8, 4) is 5.75 Å². The highest BCUT2D eigenvalue weighted by Crippen LogP contribution is 2.17. The van der Waals surface area contributed by atoms with E-state index in [0.717, 1.165) is 24.4 Å². The molecule has 0 heterocycles. The second kappa shape index (κ2) is 7.80. The second-order valence-corrected chi connectivity index (χ2v) is 3.45. The molecule has 0 N–H and O–H groups in total. The van der Waals surface area contributed by atoms with E-state index >= 15 is 0 Å². The first-order valence-corrected chi connectivity index (χ1v) is 5.36. The molecule has 0 saturated heterocycles. The zero-order chi connectivity index (χ0) is 10.4. The number of benzene rings is 1. The topological polar surface area (TPSA) is 12.5 Å². The van der Waals surface area contributed by atoms with Crippen molar-refractivity contribution in [1.82, 2.24) is 5.06 Å². The lowest BCUT2D eigenvalue weighted by molar-refractivity contribution is -0.0484. The third-order valence-electron chi connectivity index (χ3n) is 2.01. The Morgan fingerprint density at radius 2 is 2.00 bits per heavy atom. The highest BCUT2D eigenvalue weighted by molar-refractivity contribution is 6.18. The second-order valence-electron chi connectivity index (χ2n) is 3.07.